The number of benzene rings is 2. The van der Waals surface area contributed by atoms with E-state index in [0.717, 1.165) is 12.2 Å². The van der Waals surface area contributed by atoms with E-state index in [-0.39, 0.29) is 11.7 Å². The summed E-state index contributed by atoms with van der Waals surface area (Å²) in [5.41, 5.74) is 2.37. The summed E-state index contributed by atoms with van der Waals surface area (Å²) in [6, 6.07) is 13.9. The van der Waals surface area contributed by atoms with Gasteiger partial charge < -0.3 is 10.6 Å². The molecular weight excluding hydrogens is 267 g/mol. The number of nitrogens with one attached hydrogen (secondary N) is 2. The van der Waals surface area contributed by atoms with Crippen LogP contribution in [0.3, 0.4) is 0 Å². The highest BCUT2D eigenvalue weighted by atomic mass is 19.1. The Bertz CT molecular complexity index is 618. The summed E-state index contributed by atoms with van der Waals surface area (Å²) in [5, 5.41) is 6.24. The van der Waals surface area contributed by atoms with Gasteiger partial charge in [-0.2, -0.15) is 0 Å². The maximum Gasteiger partial charge on any atom is 0.255 e. The van der Waals surface area contributed by atoms with E-state index in [4.69, 9.17) is 0 Å². The summed E-state index contributed by atoms with van der Waals surface area (Å²) < 4.78 is 12.8. The van der Waals surface area contributed by atoms with Gasteiger partial charge in [0.1, 0.15) is 5.82 Å². The Hall–Kier alpha value is -2.20. The van der Waals surface area contributed by atoms with Crippen LogP contribution in [0.15, 0.2) is 48.5 Å². The van der Waals surface area contributed by atoms with E-state index >= 15 is 0 Å². The largest absolute Gasteiger partial charge is 0.322 e. The smallest absolute Gasteiger partial charge is 0.255 e. The van der Waals surface area contributed by atoms with Gasteiger partial charge in [-0.25, -0.2) is 4.39 Å². The van der Waals surface area contributed by atoms with Crippen LogP contribution in [0.5, 0.6) is 0 Å². The van der Waals surface area contributed by atoms with Crippen LogP contribution in [0, 0.1) is 5.82 Å². The Kier molecular flexibility index (Phi) is 3.97. The lowest BCUT2D eigenvalue weighted by Crippen LogP contribution is -2.15. The zero-order valence-electron chi connectivity index (χ0n) is 11.6. The Morgan fingerprint density at radius 1 is 1.05 bits per heavy atom. The second-order valence-electron chi connectivity index (χ2n) is 5.31. The van der Waals surface area contributed by atoms with Crippen LogP contribution in [0.4, 0.5) is 10.1 Å². The van der Waals surface area contributed by atoms with Crippen molar-refractivity contribution in [1.82, 2.24) is 5.32 Å². The molecule has 2 aromatic rings. The molecule has 4 heteroatoms. The maximum atomic E-state index is 12.8. The number of halogens is 1. The van der Waals surface area contributed by atoms with Gasteiger partial charge in [0.25, 0.3) is 5.91 Å². The van der Waals surface area contributed by atoms with Gasteiger partial charge in [-0.15, -0.1) is 0 Å². The lowest BCUT2D eigenvalue weighted by Gasteiger charge is -2.07. The van der Waals surface area contributed by atoms with Crippen LogP contribution in [-0.4, -0.2) is 11.9 Å². The van der Waals surface area contributed by atoms with Crippen molar-refractivity contribution in [2.45, 2.75) is 25.4 Å². The number of rotatable bonds is 5. The molecule has 3 rings (SSSR count). The topological polar surface area (TPSA) is 41.1 Å². The van der Waals surface area contributed by atoms with E-state index in [1.165, 1.54) is 42.7 Å². The molecule has 0 heterocycles. The SMILES string of the molecule is O=C(Nc1ccc(CNC2CC2)cc1)c1ccc(F)cc1. The van der Waals surface area contributed by atoms with Gasteiger partial charge in [0.05, 0.1) is 0 Å². The standard InChI is InChI=1S/C17H17FN2O/c18-14-5-3-13(4-6-14)17(21)20-16-7-1-12(2-8-16)11-19-15-9-10-15/h1-8,15,19H,9-11H2,(H,20,21). The minimum atomic E-state index is -0.348. The van der Waals surface area contributed by atoms with Crippen LogP contribution in [-0.2, 0) is 6.54 Å². The maximum absolute atomic E-state index is 12.8. The predicted molar refractivity (Wildman–Crippen MR) is 80.7 cm³/mol. The quantitative estimate of drug-likeness (QED) is 0.884. The number of hydrogen-bond acceptors (Lipinski definition) is 2. The molecule has 0 atom stereocenters. The third-order valence-electron chi connectivity index (χ3n) is 3.49. The van der Waals surface area contributed by atoms with Gasteiger partial charge in [-0.1, -0.05) is 12.1 Å². The van der Waals surface area contributed by atoms with E-state index < -0.39 is 0 Å². The second kappa shape index (κ2) is 6.06. The highest BCUT2D eigenvalue weighted by Crippen LogP contribution is 2.19. The van der Waals surface area contributed by atoms with E-state index in [9.17, 15) is 9.18 Å². The van der Waals surface area contributed by atoms with Crippen molar-refractivity contribution in [2.75, 3.05) is 5.32 Å². The van der Waals surface area contributed by atoms with Gasteiger partial charge in [-0.3, -0.25) is 4.79 Å². The van der Waals surface area contributed by atoms with E-state index in [1.807, 2.05) is 24.3 Å². The highest BCUT2D eigenvalue weighted by molar-refractivity contribution is 6.04. The van der Waals surface area contributed by atoms with Crippen molar-refractivity contribution in [2.24, 2.45) is 0 Å². The molecule has 1 amide bonds. The summed E-state index contributed by atoms with van der Waals surface area (Å²) in [6.07, 6.45) is 2.54. The number of carbonyl (C=O) groups is 1. The molecule has 0 unspecified atom stereocenters. The number of anilines is 1. The van der Waals surface area contributed by atoms with E-state index in [2.05, 4.69) is 10.6 Å². The van der Waals surface area contributed by atoms with Crippen molar-refractivity contribution < 1.29 is 9.18 Å². The fourth-order valence-corrected chi connectivity index (χ4v) is 2.06. The van der Waals surface area contributed by atoms with Crippen molar-refractivity contribution in [3.63, 3.8) is 0 Å². The summed E-state index contributed by atoms with van der Waals surface area (Å²) in [4.78, 5) is 12.0. The molecule has 1 aliphatic carbocycles. The molecule has 0 spiro atoms. The molecule has 3 nitrogen and oxygen atoms in total. The molecule has 1 fully saturated rings. The van der Waals surface area contributed by atoms with Crippen molar-refractivity contribution in [1.29, 1.82) is 0 Å². The molecule has 0 bridgehead atoms. The lowest BCUT2D eigenvalue weighted by atomic mass is 10.1. The minimum Gasteiger partial charge on any atom is -0.322 e. The first-order valence-electron chi connectivity index (χ1n) is 7.10. The molecule has 0 aromatic heterocycles. The third kappa shape index (κ3) is 3.89. The van der Waals surface area contributed by atoms with Gasteiger partial charge in [-0.05, 0) is 54.8 Å². The molecule has 0 aliphatic heterocycles. The molecule has 2 aromatic carbocycles. The molecule has 0 saturated heterocycles. The molecule has 108 valence electrons. The fourth-order valence-electron chi connectivity index (χ4n) is 2.06. The van der Waals surface area contributed by atoms with Crippen LogP contribution >= 0.6 is 0 Å². The van der Waals surface area contributed by atoms with Gasteiger partial charge in [0.2, 0.25) is 0 Å². The molecular formula is C17H17FN2O. The van der Waals surface area contributed by atoms with Gasteiger partial charge in [0, 0.05) is 23.8 Å². The number of amides is 1. The highest BCUT2D eigenvalue weighted by Gasteiger charge is 2.19. The Balaban J connectivity index is 1.58. The average Bonchev–Trinajstić information content (AvgIpc) is 3.31. The predicted octanol–water partition coefficient (Wildman–Crippen LogP) is 3.33. The monoisotopic (exact) mass is 284 g/mol. The number of carbonyl (C=O) groups excluding carboxylic acids is 1. The fraction of sp³-hybridized carbons (Fsp3) is 0.235. The van der Waals surface area contributed by atoms with E-state index in [1.54, 1.807) is 0 Å². The zero-order chi connectivity index (χ0) is 14.7. The summed E-state index contributed by atoms with van der Waals surface area (Å²) in [6.45, 7) is 0.858. The summed E-state index contributed by atoms with van der Waals surface area (Å²) in [5.74, 6) is -0.585. The van der Waals surface area contributed by atoms with Crippen molar-refractivity contribution in [3.8, 4) is 0 Å². The Morgan fingerprint density at radius 3 is 2.33 bits per heavy atom. The first kappa shape index (κ1) is 13.8. The first-order valence-corrected chi connectivity index (χ1v) is 7.10. The summed E-state index contributed by atoms with van der Waals surface area (Å²) in [7, 11) is 0. The van der Waals surface area contributed by atoms with Crippen LogP contribution < -0.4 is 10.6 Å². The van der Waals surface area contributed by atoms with Gasteiger partial charge in [0.15, 0.2) is 0 Å². The molecule has 21 heavy (non-hydrogen) atoms. The second-order valence-corrected chi connectivity index (χ2v) is 5.31. The Morgan fingerprint density at radius 2 is 1.71 bits per heavy atom. The van der Waals surface area contributed by atoms with Crippen LogP contribution in [0.1, 0.15) is 28.8 Å². The molecule has 1 saturated carbocycles. The molecule has 0 radical (unpaired) electrons. The van der Waals surface area contributed by atoms with Crippen LogP contribution in [0.2, 0.25) is 0 Å². The normalized spacial score (nSPS) is 14.0. The van der Waals surface area contributed by atoms with E-state index in [0.29, 0.717) is 11.6 Å². The van der Waals surface area contributed by atoms with Gasteiger partial charge >= 0.3 is 0 Å². The minimum absolute atomic E-state index is 0.237. The summed E-state index contributed by atoms with van der Waals surface area (Å²) >= 11 is 0. The third-order valence-corrected chi connectivity index (χ3v) is 3.49. The number of hydrogen-bond donors (Lipinski definition) is 2. The Labute approximate surface area is 123 Å². The molecule has 1 aliphatic rings. The van der Waals surface area contributed by atoms with Crippen molar-refractivity contribution >= 4 is 11.6 Å². The lowest BCUT2D eigenvalue weighted by molar-refractivity contribution is 0.102. The first-order chi connectivity index (χ1) is 10.2. The zero-order valence-corrected chi connectivity index (χ0v) is 11.6. The van der Waals surface area contributed by atoms with Crippen LogP contribution in [0.25, 0.3) is 0 Å². The molecule has 2 N–H and O–H groups in total. The average molecular weight is 284 g/mol. The van der Waals surface area contributed by atoms with Crippen molar-refractivity contribution in [3.05, 3.63) is 65.5 Å².